The summed E-state index contributed by atoms with van der Waals surface area (Å²) in [6.45, 7) is 6.81. The van der Waals surface area contributed by atoms with E-state index in [0.717, 1.165) is 26.2 Å². The van der Waals surface area contributed by atoms with Crippen molar-refractivity contribution in [1.29, 1.82) is 0 Å². The first-order valence-electron chi connectivity index (χ1n) is 6.91. The topological polar surface area (TPSA) is 31.1 Å². The number of hydrogen-bond acceptors (Lipinski definition) is 2. The van der Waals surface area contributed by atoms with Crippen molar-refractivity contribution < 1.29 is 0 Å². The second kappa shape index (κ2) is 5.12. The molecule has 1 atom stereocenters. The van der Waals surface area contributed by atoms with Crippen molar-refractivity contribution in [3.05, 3.63) is 36.0 Å². The predicted octanol–water partition coefficient (Wildman–Crippen LogP) is 2.52. The highest BCUT2D eigenvalue weighted by atomic mass is 15.2. The lowest BCUT2D eigenvalue weighted by atomic mass is 10.0. The van der Waals surface area contributed by atoms with Gasteiger partial charge in [-0.25, -0.2) is 0 Å². The van der Waals surface area contributed by atoms with Crippen molar-refractivity contribution in [2.75, 3.05) is 26.2 Å². The molecule has 96 valence electrons. The van der Waals surface area contributed by atoms with Crippen molar-refractivity contribution in [2.45, 2.75) is 19.4 Å². The molecular formula is C15H21N3. The maximum atomic E-state index is 3.43. The van der Waals surface area contributed by atoms with Crippen LogP contribution in [-0.2, 0) is 0 Å². The van der Waals surface area contributed by atoms with Gasteiger partial charge in [-0.2, -0.15) is 0 Å². The summed E-state index contributed by atoms with van der Waals surface area (Å²) in [6, 6.07) is 9.15. The zero-order valence-corrected chi connectivity index (χ0v) is 10.9. The molecule has 0 bridgehead atoms. The molecule has 1 aliphatic rings. The number of rotatable bonds is 3. The molecule has 0 radical (unpaired) electrons. The fourth-order valence-electron chi connectivity index (χ4n) is 3.04. The van der Waals surface area contributed by atoms with Gasteiger partial charge in [0.1, 0.15) is 0 Å². The number of aromatic amines is 1. The van der Waals surface area contributed by atoms with Crippen LogP contribution in [0.3, 0.4) is 0 Å². The molecule has 0 saturated carbocycles. The van der Waals surface area contributed by atoms with Crippen LogP contribution in [0.15, 0.2) is 30.5 Å². The summed E-state index contributed by atoms with van der Waals surface area (Å²) in [6.07, 6.45) is 3.36. The van der Waals surface area contributed by atoms with Gasteiger partial charge in [0.25, 0.3) is 0 Å². The number of benzene rings is 1. The van der Waals surface area contributed by atoms with Gasteiger partial charge in [0.15, 0.2) is 0 Å². The van der Waals surface area contributed by atoms with E-state index in [1.54, 1.807) is 0 Å². The Balaban J connectivity index is 1.95. The van der Waals surface area contributed by atoms with Crippen LogP contribution in [0.2, 0.25) is 0 Å². The van der Waals surface area contributed by atoms with E-state index in [1.165, 1.54) is 22.9 Å². The van der Waals surface area contributed by atoms with Crippen LogP contribution in [0.1, 0.15) is 24.9 Å². The number of nitrogens with one attached hydrogen (secondary N) is 2. The molecule has 3 rings (SSSR count). The average Bonchev–Trinajstić information content (AvgIpc) is 2.85. The minimum absolute atomic E-state index is 0.545. The predicted molar refractivity (Wildman–Crippen MR) is 75.8 cm³/mol. The normalized spacial score (nSPS) is 19.2. The number of nitrogens with zero attached hydrogens (tertiary/aromatic N) is 1. The third-order valence-corrected chi connectivity index (χ3v) is 3.96. The summed E-state index contributed by atoms with van der Waals surface area (Å²) in [5.74, 6) is 0. The van der Waals surface area contributed by atoms with E-state index < -0.39 is 0 Å². The van der Waals surface area contributed by atoms with E-state index in [2.05, 4.69) is 52.6 Å². The zero-order chi connectivity index (χ0) is 12.4. The van der Waals surface area contributed by atoms with Crippen LogP contribution < -0.4 is 5.32 Å². The third kappa shape index (κ3) is 2.04. The lowest BCUT2D eigenvalue weighted by molar-refractivity contribution is 0.170. The Kier molecular flexibility index (Phi) is 3.35. The van der Waals surface area contributed by atoms with E-state index in [-0.39, 0.29) is 0 Å². The van der Waals surface area contributed by atoms with E-state index >= 15 is 0 Å². The Labute approximate surface area is 108 Å². The number of H-pyrrole nitrogens is 1. The molecule has 0 aliphatic carbocycles. The first kappa shape index (κ1) is 11.8. The Morgan fingerprint density at radius 3 is 2.78 bits per heavy atom. The standard InChI is InChI=1S/C15H21N3/c1-2-15(18-9-7-16-8-10-18)13-11-17-14-6-4-3-5-12(13)14/h3-6,11,15-17H,2,7-10H2,1H3. The van der Waals surface area contributed by atoms with E-state index in [0.29, 0.717) is 6.04 Å². The Morgan fingerprint density at radius 2 is 2.00 bits per heavy atom. The first-order valence-corrected chi connectivity index (χ1v) is 6.91. The molecular weight excluding hydrogens is 222 g/mol. The summed E-state index contributed by atoms with van der Waals surface area (Å²) in [7, 11) is 0. The molecule has 1 aromatic heterocycles. The van der Waals surface area contributed by atoms with Gasteiger partial charge in [-0.3, -0.25) is 4.90 Å². The molecule has 18 heavy (non-hydrogen) atoms. The second-order valence-corrected chi connectivity index (χ2v) is 5.00. The smallest absolute Gasteiger partial charge is 0.0457 e. The third-order valence-electron chi connectivity index (χ3n) is 3.96. The van der Waals surface area contributed by atoms with Crippen molar-refractivity contribution in [2.24, 2.45) is 0 Å². The quantitative estimate of drug-likeness (QED) is 0.868. The minimum atomic E-state index is 0.545. The first-order chi connectivity index (χ1) is 8.90. The van der Waals surface area contributed by atoms with Crippen LogP contribution in [0.5, 0.6) is 0 Å². The van der Waals surface area contributed by atoms with Gasteiger partial charge in [-0.05, 0) is 18.1 Å². The van der Waals surface area contributed by atoms with Gasteiger partial charge in [0.2, 0.25) is 0 Å². The summed E-state index contributed by atoms with van der Waals surface area (Å²) in [5, 5.41) is 4.80. The summed E-state index contributed by atoms with van der Waals surface area (Å²) in [4.78, 5) is 6.00. The molecule has 1 aromatic carbocycles. The van der Waals surface area contributed by atoms with Crippen molar-refractivity contribution >= 4 is 10.9 Å². The van der Waals surface area contributed by atoms with E-state index in [9.17, 15) is 0 Å². The lowest BCUT2D eigenvalue weighted by Gasteiger charge is -2.34. The number of para-hydroxylation sites is 1. The van der Waals surface area contributed by atoms with Crippen LogP contribution in [0, 0.1) is 0 Å². The molecule has 0 spiro atoms. The number of hydrogen-bond donors (Lipinski definition) is 2. The van der Waals surface area contributed by atoms with Crippen LogP contribution in [0.25, 0.3) is 10.9 Å². The lowest BCUT2D eigenvalue weighted by Crippen LogP contribution is -2.45. The Bertz CT molecular complexity index is 511. The summed E-state index contributed by atoms with van der Waals surface area (Å²) < 4.78 is 0. The fourth-order valence-corrected chi connectivity index (χ4v) is 3.04. The van der Waals surface area contributed by atoms with Crippen molar-refractivity contribution in [3.63, 3.8) is 0 Å². The molecule has 2 aromatic rings. The number of fused-ring (bicyclic) bond motifs is 1. The van der Waals surface area contributed by atoms with E-state index in [1.807, 2.05) is 0 Å². The maximum absolute atomic E-state index is 3.43. The molecule has 1 fully saturated rings. The highest BCUT2D eigenvalue weighted by Crippen LogP contribution is 2.30. The molecule has 3 nitrogen and oxygen atoms in total. The van der Waals surface area contributed by atoms with Gasteiger partial charge in [0, 0.05) is 49.3 Å². The largest absolute Gasteiger partial charge is 0.361 e. The average molecular weight is 243 g/mol. The summed E-state index contributed by atoms with van der Waals surface area (Å²) >= 11 is 0. The minimum Gasteiger partial charge on any atom is -0.361 e. The van der Waals surface area contributed by atoms with Crippen molar-refractivity contribution in [3.8, 4) is 0 Å². The summed E-state index contributed by atoms with van der Waals surface area (Å²) in [5.41, 5.74) is 2.70. The van der Waals surface area contributed by atoms with E-state index in [4.69, 9.17) is 0 Å². The van der Waals surface area contributed by atoms with Gasteiger partial charge in [0.05, 0.1) is 0 Å². The highest BCUT2D eigenvalue weighted by molar-refractivity contribution is 5.83. The van der Waals surface area contributed by atoms with Gasteiger partial charge in [-0.15, -0.1) is 0 Å². The van der Waals surface area contributed by atoms with Crippen LogP contribution in [-0.4, -0.2) is 36.1 Å². The Hall–Kier alpha value is -1.32. The Morgan fingerprint density at radius 1 is 1.22 bits per heavy atom. The number of aromatic nitrogens is 1. The second-order valence-electron chi connectivity index (χ2n) is 5.00. The SMILES string of the molecule is CCC(c1c[nH]c2ccccc12)N1CCNCC1. The van der Waals surface area contributed by atoms with Crippen molar-refractivity contribution in [1.82, 2.24) is 15.2 Å². The molecule has 1 saturated heterocycles. The van der Waals surface area contributed by atoms with Gasteiger partial charge in [-0.1, -0.05) is 25.1 Å². The zero-order valence-electron chi connectivity index (χ0n) is 10.9. The molecule has 1 unspecified atom stereocenters. The van der Waals surface area contributed by atoms with Crippen LogP contribution in [0.4, 0.5) is 0 Å². The van der Waals surface area contributed by atoms with Crippen LogP contribution >= 0.6 is 0 Å². The molecule has 0 amide bonds. The molecule has 2 N–H and O–H groups in total. The molecule has 1 aliphatic heterocycles. The van der Waals surface area contributed by atoms with Gasteiger partial charge < -0.3 is 10.3 Å². The maximum Gasteiger partial charge on any atom is 0.0457 e. The molecule has 3 heteroatoms. The molecule has 2 heterocycles. The number of piperazine rings is 1. The fraction of sp³-hybridized carbons (Fsp3) is 0.467. The van der Waals surface area contributed by atoms with Gasteiger partial charge >= 0.3 is 0 Å². The highest BCUT2D eigenvalue weighted by Gasteiger charge is 2.22. The monoisotopic (exact) mass is 243 g/mol.